The molecule has 0 aliphatic carbocycles. The average molecular weight is 589 g/mol. The molecule has 3 nitrogen and oxygen atoms in total. The summed E-state index contributed by atoms with van der Waals surface area (Å²) in [6.45, 7) is 0. The van der Waals surface area contributed by atoms with Crippen molar-refractivity contribution in [1.82, 2.24) is 4.98 Å². The molecule has 216 valence electrons. The van der Waals surface area contributed by atoms with Crippen LogP contribution in [0.5, 0.6) is 0 Å². The number of furan rings is 1. The average Bonchev–Trinajstić information content (AvgIpc) is 3.49. The number of benzene rings is 7. The fourth-order valence-electron chi connectivity index (χ4n) is 6.69. The number of fused-ring (bicyclic) bond motifs is 5. The molecule has 0 bridgehead atoms. The van der Waals surface area contributed by atoms with E-state index >= 15 is 0 Å². The molecule has 2 heterocycles. The van der Waals surface area contributed by atoms with Gasteiger partial charge in [-0.2, -0.15) is 0 Å². The molecule has 2 aromatic heterocycles. The van der Waals surface area contributed by atoms with E-state index in [1.165, 1.54) is 27.5 Å². The molecule has 0 aliphatic heterocycles. The lowest BCUT2D eigenvalue weighted by Gasteiger charge is -2.27. The zero-order valence-corrected chi connectivity index (χ0v) is 25.0. The quantitative estimate of drug-likeness (QED) is 0.200. The second-order valence-corrected chi connectivity index (χ2v) is 11.6. The third kappa shape index (κ3) is 4.41. The number of hydrogen-bond acceptors (Lipinski definition) is 3. The third-order valence-electron chi connectivity index (χ3n) is 8.90. The van der Waals surface area contributed by atoms with E-state index in [1.807, 2.05) is 18.3 Å². The topological polar surface area (TPSA) is 29.3 Å². The summed E-state index contributed by atoms with van der Waals surface area (Å²) >= 11 is 0. The van der Waals surface area contributed by atoms with Crippen molar-refractivity contribution in [1.29, 1.82) is 0 Å². The number of nitrogens with zero attached hydrogens (tertiary/aromatic N) is 2. The monoisotopic (exact) mass is 588 g/mol. The second-order valence-electron chi connectivity index (χ2n) is 11.6. The van der Waals surface area contributed by atoms with Gasteiger partial charge in [-0.3, -0.25) is 4.98 Å². The van der Waals surface area contributed by atoms with Crippen molar-refractivity contribution in [2.24, 2.45) is 0 Å². The van der Waals surface area contributed by atoms with E-state index in [-0.39, 0.29) is 0 Å². The van der Waals surface area contributed by atoms with E-state index in [4.69, 9.17) is 9.40 Å². The zero-order chi connectivity index (χ0) is 30.5. The third-order valence-corrected chi connectivity index (χ3v) is 8.90. The molecule has 9 aromatic rings. The van der Waals surface area contributed by atoms with Crippen LogP contribution >= 0.6 is 0 Å². The summed E-state index contributed by atoms with van der Waals surface area (Å²) in [7, 11) is 0. The van der Waals surface area contributed by atoms with Gasteiger partial charge in [0.15, 0.2) is 0 Å². The SMILES string of the molecule is c1ccc(-c2cccc(N(c3ccc(-c4cccc5ccccc45)cc3)c3ccnc4cc5c(cc34)oc3ccccc35)c2)cc1. The normalized spacial score (nSPS) is 11.5. The van der Waals surface area contributed by atoms with Crippen LogP contribution in [0.2, 0.25) is 0 Å². The van der Waals surface area contributed by atoms with E-state index in [0.29, 0.717) is 0 Å². The first kappa shape index (κ1) is 26.2. The molecule has 0 N–H and O–H groups in total. The van der Waals surface area contributed by atoms with Crippen molar-refractivity contribution < 1.29 is 4.42 Å². The van der Waals surface area contributed by atoms with Crippen LogP contribution in [0.1, 0.15) is 0 Å². The molecule has 0 unspecified atom stereocenters. The highest BCUT2D eigenvalue weighted by molar-refractivity contribution is 6.12. The Morgan fingerprint density at radius 3 is 2.07 bits per heavy atom. The number of para-hydroxylation sites is 1. The smallest absolute Gasteiger partial charge is 0.136 e. The minimum atomic E-state index is 0.854. The molecule has 0 fully saturated rings. The molecule has 3 heteroatoms. The molecule has 0 radical (unpaired) electrons. The summed E-state index contributed by atoms with van der Waals surface area (Å²) in [4.78, 5) is 7.16. The highest BCUT2D eigenvalue weighted by atomic mass is 16.3. The summed E-state index contributed by atoms with van der Waals surface area (Å²) in [5, 5.41) is 5.69. The Hall–Kier alpha value is -6.19. The molecule has 0 spiro atoms. The molecule has 0 amide bonds. The van der Waals surface area contributed by atoms with Crippen LogP contribution in [-0.4, -0.2) is 4.98 Å². The van der Waals surface area contributed by atoms with Crippen LogP contribution in [-0.2, 0) is 0 Å². The van der Waals surface area contributed by atoms with Gasteiger partial charge in [0.05, 0.1) is 11.2 Å². The molecule has 0 atom stereocenters. The molecular weight excluding hydrogens is 560 g/mol. The summed E-state index contributed by atoms with van der Waals surface area (Å²) in [6, 6.07) is 57.8. The first-order valence-corrected chi connectivity index (χ1v) is 15.5. The van der Waals surface area contributed by atoms with Crippen LogP contribution in [0.25, 0.3) is 65.9 Å². The van der Waals surface area contributed by atoms with Crippen molar-refractivity contribution in [3.63, 3.8) is 0 Å². The largest absolute Gasteiger partial charge is 0.456 e. The minimum Gasteiger partial charge on any atom is -0.456 e. The van der Waals surface area contributed by atoms with Gasteiger partial charge in [-0.1, -0.05) is 115 Å². The van der Waals surface area contributed by atoms with Crippen molar-refractivity contribution in [2.75, 3.05) is 4.90 Å². The van der Waals surface area contributed by atoms with Gasteiger partial charge in [-0.25, -0.2) is 0 Å². The van der Waals surface area contributed by atoms with Gasteiger partial charge in [-0.05, 0) is 81.6 Å². The molecule has 46 heavy (non-hydrogen) atoms. The van der Waals surface area contributed by atoms with Crippen molar-refractivity contribution in [3.8, 4) is 22.3 Å². The van der Waals surface area contributed by atoms with Crippen molar-refractivity contribution in [2.45, 2.75) is 0 Å². The lowest BCUT2D eigenvalue weighted by atomic mass is 9.98. The molecule has 0 aliphatic rings. The van der Waals surface area contributed by atoms with E-state index in [2.05, 4.69) is 157 Å². The van der Waals surface area contributed by atoms with Crippen LogP contribution in [0.4, 0.5) is 17.1 Å². The highest BCUT2D eigenvalue weighted by Crippen LogP contribution is 2.42. The molecule has 7 aromatic carbocycles. The molecule has 9 rings (SSSR count). The number of rotatable bonds is 5. The van der Waals surface area contributed by atoms with Crippen LogP contribution in [0, 0.1) is 0 Å². The number of anilines is 3. The van der Waals surface area contributed by atoms with Crippen LogP contribution in [0.3, 0.4) is 0 Å². The minimum absolute atomic E-state index is 0.854. The van der Waals surface area contributed by atoms with E-state index in [1.54, 1.807) is 0 Å². The predicted molar refractivity (Wildman–Crippen MR) is 192 cm³/mol. The van der Waals surface area contributed by atoms with E-state index in [9.17, 15) is 0 Å². The molecule has 0 saturated heterocycles. The van der Waals surface area contributed by atoms with Gasteiger partial charge in [-0.15, -0.1) is 0 Å². The second kappa shape index (κ2) is 10.8. The van der Waals surface area contributed by atoms with Gasteiger partial charge in [0.1, 0.15) is 11.2 Å². The predicted octanol–water partition coefficient (Wildman–Crippen LogP) is 12.1. The van der Waals surface area contributed by atoms with Gasteiger partial charge in [0, 0.05) is 33.7 Å². The van der Waals surface area contributed by atoms with Crippen molar-refractivity contribution in [3.05, 3.63) is 170 Å². The highest BCUT2D eigenvalue weighted by Gasteiger charge is 2.19. The Morgan fingerprint density at radius 2 is 1.17 bits per heavy atom. The van der Waals surface area contributed by atoms with Gasteiger partial charge in [0.25, 0.3) is 0 Å². The Morgan fingerprint density at radius 1 is 0.435 bits per heavy atom. The van der Waals surface area contributed by atoms with Gasteiger partial charge >= 0.3 is 0 Å². The fourth-order valence-corrected chi connectivity index (χ4v) is 6.69. The zero-order valence-electron chi connectivity index (χ0n) is 25.0. The molecule has 0 saturated carbocycles. The Bertz CT molecular complexity index is 2530. The van der Waals surface area contributed by atoms with Crippen LogP contribution < -0.4 is 4.90 Å². The summed E-state index contributed by atoms with van der Waals surface area (Å²) < 4.78 is 6.34. The lowest BCUT2D eigenvalue weighted by Crippen LogP contribution is -2.11. The fraction of sp³-hybridized carbons (Fsp3) is 0. The Balaban J connectivity index is 1.24. The summed E-state index contributed by atoms with van der Waals surface area (Å²) in [6.07, 6.45) is 1.91. The Kier molecular flexibility index (Phi) is 6.14. The first-order chi connectivity index (χ1) is 22.8. The van der Waals surface area contributed by atoms with Crippen molar-refractivity contribution >= 4 is 60.7 Å². The lowest BCUT2D eigenvalue weighted by molar-refractivity contribution is 0.669. The van der Waals surface area contributed by atoms with Gasteiger partial charge < -0.3 is 9.32 Å². The number of pyridine rings is 1. The standard InChI is InChI=1S/C43H28N2O/c1-2-10-29(11-3-1)32-14-8-15-34(26-32)45(33-22-20-31(21-23-33)36-18-9-13-30-12-4-5-16-35(30)36)41-24-25-44-40-27-38-37-17-6-7-19-42(37)46-43(38)28-39(40)41/h1-28H. The maximum atomic E-state index is 6.34. The maximum Gasteiger partial charge on any atom is 0.136 e. The number of aromatic nitrogens is 1. The van der Waals surface area contributed by atoms with E-state index < -0.39 is 0 Å². The van der Waals surface area contributed by atoms with Gasteiger partial charge in [0.2, 0.25) is 0 Å². The summed E-state index contributed by atoms with van der Waals surface area (Å²) in [5.74, 6) is 0. The summed E-state index contributed by atoms with van der Waals surface area (Å²) in [5.41, 5.74) is 10.6. The Labute approximate surface area is 266 Å². The molecular formula is C43H28N2O. The van der Waals surface area contributed by atoms with Crippen LogP contribution in [0.15, 0.2) is 174 Å². The number of hydrogen-bond donors (Lipinski definition) is 0. The maximum absolute atomic E-state index is 6.34. The van der Waals surface area contributed by atoms with E-state index in [0.717, 1.165) is 55.5 Å². The first-order valence-electron chi connectivity index (χ1n) is 15.5.